The van der Waals surface area contributed by atoms with Crippen LogP contribution in [0, 0.1) is 17.7 Å². The molecule has 0 aliphatic rings. The van der Waals surface area contributed by atoms with Gasteiger partial charge >= 0.3 is 5.97 Å². The number of carbonyl (C=O) groups is 1. The van der Waals surface area contributed by atoms with Gasteiger partial charge in [0.2, 0.25) is 0 Å². The Hall–Kier alpha value is -1.42. The van der Waals surface area contributed by atoms with Gasteiger partial charge in [0.25, 0.3) is 0 Å². The second-order valence-corrected chi connectivity index (χ2v) is 4.58. The van der Waals surface area contributed by atoms with E-state index in [4.69, 9.17) is 10.8 Å². The van der Waals surface area contributed by atoms with Gasteiger partial charge in [0.15, 0.2) is 0 Å². The lowest BCUT2D eigenvalue weighted by Crippen LogP contribution is -2.26. The van der Waals surface area contributed by atoms with E-state index < -0.39 is 11.9 Å². The van der Waals surface area contributed by atoms with Gasteiger partial charge in [-0.3, -0.25) is 4.79 Å². The zero-order valence-electron chi connectivity index (χ0n) is 10.6. The molecule has 0 aliphatic carbocycles. The number of benzene rings is 1. The Morgan fingerprint density at radius 1 is 1.44 bits per heavy atom. The van der Waals surface area contributed by atoms with E-state index in [1.807, 2.05) is 6.92 Å². The number of carboxylic acids is 1. The molecule has 2 unspecified atom stereocenters. The second-order valence-electron chi connectivity index (χ2n) is 4.58. The average Bonchev–Trinajstić information content (AvgIpc) is 2.36. The largest absolute Gasteiger partial charge is 0.481 e. The van der Waals surface area contributed by atoms with E-state index in [1.54, 1.807) is 18.2 Å². The zero-order chi connectivity index (χ0) is 13.5. The first-order valence-electron chi connectivity index (χ1n) is 6.24. The number of nitrogens with two attached hydrogens (primary N) is 1. The van der Waals surface area contributed by atoms with Crippen LogP contribution < -0.4 is 5.73 Å². The predicted molar refractivity (Wildman–Crippen MR) is 68.7 cm³/mol. The van der Waals surface area contributed by atoms with Gasteiger partial charge in [0.1, 0.15) is 5.82 Å². The van der Waals surface area contributed by atoms with Crippen LogP contribution in [0.3, 0.4) is 0 Å². The molecular weight excluding hydrogens is 233 g/mol. The fourth-order valence-corrected chi connectivity index (χ4v) is 2.07. The number of halogens is 1. The number of hydrogen-bond donors (Lipinski definition) is 2. The highest BCUT2D eigenvalue weighted by atomic mass is 19.1. The van der Waals surface area contributed by atoms with Crippen LogP contribution in [-0.2, 0) is 11.2 Å². The molecule has 1 aromatic carbocycles. The van der Waals surface area contributed by atoms with Crippen LogP contribution >= 0.6 is 0 Å². The monoisotopic (exact) mass is 253 g/mol. The normalized spacial score (nSPS) is 14.2. The highest BCUT2D eigenvalue weighted by molar-refractivity contribution is 5.70. The van der Waals surface area contributed by atoms with Crippen molar-refractivity contribution in [1.82, 2.24) is 0 Å². The second kappa shape index (κ2) is 7.11. The van der Waals surface area contributed by atoms with Gasteiger partial charge in [-0.15, -0.1) is 0 Å². The lowest BCUT2D eigenvalue weighted by atomic mass is 9.87. The fourth-order valence-electron chi connectivity index (χ4n) is 2.07. The van der Waals surface area contributed by atoms with E-state index >= 15 is 0 Å². The first kappa shape index (κ1) is 14.6. The van der Waals surface area contributed by atoms with E-state index in [2.05, 4.69) is 0 Å². The molecule has 0 fully saturated rings. The summed E-state index contributed by atoms with van der Waals surface area (Å²) in [5, 5.41) is 8.98. The molecule has 0 bridgehead atoms. The molecule has 0 radical (unpaired) electrons. The molecule has 3 N–H and O–H groups in total. The van der Waals surface area contributed by atoms with Crippen LogP contribution in [0.2, 0.25) is 0 Å². The van der Waals surface area contributed by atoms with Crippen LogP contribution in [0.15, 0.2) is 24.3 Å². The summed E-state index contributed by atoms with van der Waals surface area (Å²) in [5.41, 5.74) is 6.09. The zero-order valence-corrected chi connectivity index (χ0v) is 10.6. The molecule has 0 saturated heterocycles. The third-order valence-electron chi connectivity index (χ3n) is 3.30. The summed E-state index contributed by atoms with van der Waals surface area (Å²) in [6, 6.07) is 6.62. The first-order valence-corrected chi connectivity index (χ1v) is 6.24. The Morgan fingerprint density at radius 2 is 2.11 bits per heavy atom. The maximum absolute atomic E-state index is 13.5. The maximum Gasteiger partial charge on any atom is 0.307 e. The van der Waals surface area contributed by atoms with Crippen molar-refractivity contribution < 1.29 is 14.3 Å². The minimum atomic E-state index is -0.871. The Morgan fingerprint density at radius 3 is 2.61 bits per heavy atom. The molecule has 100 valence electrons. The molecule has 1 rings (SSSR count). The molecular formula is C14H20FNO2. The van der Waals surface area contributed by atoms with Gasteiger partial charge in [-0.1, -0.05) is 31.5 Å². The van der Waals surface area contributed by atoms with Gasteiger partial charge in [-0.05, 0) is 30.4 Å². The van der Waals surface area contributed by atoms with Crippen LogP contribution in [0.4, 0.5) is 4.39 Å². The molecule has 0 aliphatic heterocycles. The Bertz CT molecular complexity index is 395. The van der Waals surface area contributed by atoms with Crippen LogP contribution in [0.25, 0.3) is 0 Å². The van der Waals surface area contributed by atoms with Crippen molar-refractivity contribution in [2.24, 2.45) is 17.6 Å². The summed E-state index contributed by atoms with van der Waals surface area (Å²) in [7, 11) is 0. The Labute approximate surface area is 107 Å². The molecule has 4 heteroatoms. The van der Waals surface area contributed by atoms with Gasteiger partial charge in [-0.2, -0.15) is 0 Å². The van der Waals surface area contributed by atoms with E-state index in [-0.39, 0.29) is 18.3 Å². The van der Waals surface area contributed by atoms with Crippen molar-refractivity contribution in [3.05, 3.63) is 35.6 Å². The van der Waals surface area contributed by atoms with Crippen molar-refractivity contribution in [1.29, 1.82) is 0 Å². The summed E-state index contributed by atoms with van der Waals surface area (Å²) < 4.78 is 13.5. The summed E-state index contributed by atoms with van der Waals surface area (Å²) >= 11 is 0. The van der Waals surface area contributed by atoms with Crippen molar-refractivity contribution in [3.63, 3.8) is 0 Å². The molecule has 18 heavy (non-hydrogen) atoms. The van der Waals surface area contributed by atoms with E-state index in [0.717, 1.165) is 6.42 Å². The topological polar surface area (TPSA) is 63.3 Å². The molecule has 0 aromatic heterocycles. The van der Waals surface area contributed by atoms with Gasteiger partial charge in [0, 0.05) is 6.54 Å². The highest BCUT2D eigenvalue weighted by Crippen LogP contribution is 2.22. The highest BCUT2D eigenvalue weighted by Gasteiger charge is 2.21. The van der Waals surface area contributed by atoms with Crippen LogP contribution in [0.5, 0.6) is 0 Å². The number of rotatable bonds is 7. The van der Waals surface area contributed by atoms with E-state index in [1.165, 1.54) is 6.07 Å². The minimum Gasteiger partial charge on any atom is -0.481 e. The van der Waals surface area contributed by atoms with Crippen molar-refractivity contribution in [3.8, 4) is 0 Å². The standard InChI is InChI=1S/C14H20FNO2/c1-2-10(8-12(9-16)14(17)18)7-11-5-3-4-6-13(11)15/h3-6,10,12H,2,7-9,16H2,1H3,(H,17,18). The molecule has 0 saturated carbocycles. The van der Waals surface area contributed by atoms with Crippen molar-refractivity contribution in [2.45, 2.75) is 26.2 Å². The molecule has 0 amide bonds. The van der Waals surface area contributed by atoms with E-state index in [0.29, 0.717) is 18.4 Å². The van der Waals surface area contributed by atoms with Gasteiger partial charge in [0.05, 0.1) is 5.92 Å². The summed E-state index contributed by atoms with van der Waals surface area (Å²) in [6.45, 7) is 2.12. The lowest BCUT2D eigenvalue weighted by molar-refractivity contribution is -0.142. The number of hydrogen-bond acceptors (Lipinski definition) is 2. The number of carboxylic acid groups (broad SMARTS) is 1. The van der Waals surface area contributed by atoms with E-state index in [9.17, 15) is 9.18 Å². The maximum atomic E-state index is 13.5. The molecule has 0 heterocycles. The van der Waals surface area contributed by atoms with Crippen LogP contribution in [0.1, 0.15) is 25.3 Å². The SMILES string of the molecule is CCC(Cc1ccccc1F)CC(CN)C(=O)O. The lowest BCUT2D eigenvalue weighted by Gasteiger charge is -2.19. The third-order valence-corrected chi connectivity index (χ3v) is 3.30. The summed E-state index contributed by atoms with van der Waals surface area (Å²) in [6.07, 6.45) is 1.88. The Balaban J connectivity index is 2.68. The van der Waals surface area contributed by atoms with Gasteiger partial charge < -0.3 is 10.8 Å². The smallest absolute Gasteiger partial charge is 0.307 e. The summed E-state index contributed by atoms with van der Waals surface area (Å²) in [5.74, 6) is -1.49. The third kappa shape index (κ3) is 4.11. The molecule has 3 nitrogen and oxygen atoms in total. The molecule has 2 atom stereocenters. The van der Waals surface area contributed by atoms with Crippen molar-refractivity contribution in [2.75, 3.05) is 6.54 Å². The Kier molecular flexibility index (Phi) is 5.78. The van der Waals surface area contributed by atoms with Gasteiger partial charge in [-0.25, -0.2) is 4.39 Å². The molecule has 0 spiro atoms. The average molecular weight is 253 g/mol. The predicted octanol–water partition coefficient (Wildman–Crippen LogP) is 2.44. The minimum absolute atomic E-state index is 0.128. The fraction of sp³-hybridized carbons (Fsp3) is 0.500. The first-order chi connectivity index (χ1) is 8.58. The van der Waals surface area contributed by atoms with Crippen molar-refractivity contribution >= 4 is 5.97 Å². The quantitative estimate of drug-likeness (QED) is 0.784. The summed E-state index contributed by atoms with van der Waals surface area (Å²) in [4.78, 5) is 10.9. The molecule has 1 aromatic rings. The van der Waals surface area contributed by atoms with Crippen LogP contribution in [-0.4, -0.2) is 17.6 Å². The number of aliphatic carboxylic acids is 1.